The Morgan fingerprint density at radius 3 is 2.21 bits per heavy atom. The van der Waals surface area contributed by atoms with E-state index in [0.29, 0.717) is 13.1 Å². The standard InChI is InChI=1S/C10H15N3O/c1-13(10(12)14)7-9-4-2-8(6-11)3-5-9/h2-5H,6-7,11H2,1H3,(H2,12,14). The lowest BCUT2D eigenvalue weighted by molar-refractivity contribution is 0.216. The van der Waals surface area contributed by atoms with Crippen molar-refractivity contribution in [3.63, 3.8) is 0 Å². The maximum atomic E-state index is 10.8. The topological polar surface area (TPSA) is 72.3 Å². The highest BCUT2D eigenvalue weighted by Gasteiger charge is 2.03. The van der Waals surface area contributed by atoms with E-state index in [1.165, 1.54) is 4.90 Å². The molecule has 0 unspecified atom stereocenters. The minimum Gasteiger partial charge on any atom is -0.351 e. The Kier molecular flexibility index (Phi) is 3.48. The summed E-state index contributed by atoms with van der Waals surface area (Å²) in [6.07, 6.45) is 0. The van der Waals surface area contributed by atoms with E-state index < -0.39 is 6.03 Å². The fourth-order valence-corrected chi connectivity index (χ4v) is 1.13. The third-order valence-electron chi connectivity index (χ3n) is 2.05. The molecule has 1 rings (SSSR count). The van der Waals surface area contributed by atoms with Gasteiger partial charge in [0.15, 0.2) is 0 Å². The zero-order valence-corrected chi connectivity index (χ0v) is 8.23. The Morgan fingerprint density at radius 2 is 1.79 bits per heavy atom. The van der Waals surface area contributed by atoms with Crippen molar-refractivity contribution in [2.75, 3.05) is 7.05 Å². The summed E-state index contributed by atoms with van der Waals surface area (Å²) in [5.41, 5.74) is 12.7. The third-order valence-corrected chi connectivity index (χ3v) is 2.05. The van der Waals surface area contributed by atoms with Gasteiger partial charge in [0.2, 0.25) is 0 Å². The van der Waals surface area contributed by atoms with Gasteiger partial charge in [0.25, 0.3) is 0 Å². The summed E-state index contributed by atoms with van der Waals surface area (Å²) in [7, 11) is 1.67. The summed E-state index contributed by atoms with van der Waals surface area (Å²) < 4.78 is 0. The van der Waals surface area contributed by atoms with E-state index in [1.54, 1.807) is 7.05 Å². The van der Waals surface area contributed by atoms with Crippen molar-refractivity contribution >= 4 is 6.03 Å². The van der Waals surface area contributed by atoms with Crippen LogP contribution in [0.5, 0.6) is 0 Å². The second kappa shape index (κ2) is 4.62. The molecule has 0 saturated carbocycles. The first-order chi connectivity index (χ1) is 6.63. The van der Waals surface area contributed by atoms with Gasteiger partial charge >= 0.3 is 6.03 Å². The molecular formula is C10H15N3O. The highest BCUT2D eigenvalue weighted by Crippen LogP contribution is 2.05. The number of hydrogen-bond acceptors (Lipinski definition) is 2. The molecule has 0 heterocycles. The van der Waals surface area contributed by atoms with Crippen molar-refractivity contribution in [3.05, 3.63) is 35.4 Å². The van der Waals surface area contributed by atoms with Crippen LogP contribution in [0, 0.1) is 0 Å². The predicted octanol–water partition coefficient (Wildman–Crippen LogP) is 0.656. The lowest BCUT2D eigenvalue weighted by atomic mass is 10.1. The molecule has 0 aliphatic rings. The summed E-state index contributed by atoms with van der Waals surface area (Å²) >= 11 is 0. The summed E-state index contributed by atoms with van der Waals surface area (Å²) in [4.78, 5) is 12.2. The molecule has 0 aromatic heterocycles. The Labute approximate surface area is 83.5 Å². The number of carbonyl (C=O) groups excluding carboxylic acids is 1. The van der Waals surface area contributed by atoms with Crippen LogP contribution >= 0.6 is 0 Å². The second-order valence-corrected chi connectivity index (χ2v) is 3.21. The number of urea groups is 1. The molecule has 0 bridgehead atoms. The average Bonchev–Trinajstić information content (AvgIpc) is 2.19. The maximum Gasteiger partial charge on any atom is 0.314 e. The molecule has 4 heteroatoms. The van der Waals surface area contributed by atoms with E-state index in [4.69, 9.17) is 11.5 Å². The van der Waals surface area contributed by atoms with Crippen LogP contribution in [0.15, 0.2) is 24.3 Å². The average molecular weight is 193 g/mol. The van der Waals surface area contributed by atoms with E-state index in [9.17, 15) is 4.79 Å². The first-order valence-electron chi connectivity index (χ1n) is 4.42. The number of nitrogens with zero attached hydrogens (tertiary/aromatic N) is 1. The van der Waals surface area contributed by atoms with Gasteiger partial charge in [-0.2, -0.15) is 0 Å². The molecular weight excluding hydrogens is 178 g/mol. The first-order valence-corrected chi connectivity index (χ1v) is 4.42. The van der Waals surface area contributed by atoms with Crippen LogP contribution in [0.3, 0.4) is 0 Å². The van der Waals surface area contributed by atoms with Gasteiger partial charge in [-0.25, -0.2) is 4.79 Å². The molecule has 0 fully saturated rings. The normalized spacial score (nSPS) is 9.86. The molecule has 4 N–H and O–H groups in total. The SMILES string of the molecule is CN(Cc1ccc(CN)cc1)C(N)=O. The molecule has 0 saturated heterocycles. The maximum absolute atomic E-state index is 10.8. The van der Waals surface area contributed by atoms with Crippen LogP contribution in [0.1, 0.15) is 11.1 Å². The van der Waals surface area contributed by atoms with Crippen LogP contribution in [0.25, 0.3) is 0 Å². The molecule has 1 aromatic rings. The Hall–Kier alpha value is -1.55. The van der Waals surface area contributed by atoms with Crippen LogP contribution in [-0.2, 0) is 13.1 Å². The van der Waals surface area contributed by atoms with Crippen molar-refractivity contribution in [3.8, 4) is 0 Å². The quantitative estimate of drug-likeness (QED) is 0.740. The first kappa shape index (κ1) is 10.5. The van der Waals surface area contributed by atoms with Crippen molar-refractivity contribution < 1.29 is 4.79 Å². The minimum absolute atomic E-state index is 0.423. The number of rotatable bonds is 3. The van der Waals surface area contributed by atoms with E-state index in [0.717, 1.165) is 11.1 Å². The molecule has 0 atom stereocenters. The number of carbonyl (C=O) groups is 1. The smallest absolute Gasteiger partial charge is 0.314 e. The minimum atomic E-state index is -0.423. The van der Waals surface area contributed by atoms with Crippen LogP contribution < -0.4 is 11.5 Å². The summed E-state index contributed by atoms with van der Waals surface area (Å²) in [5, 5.41) is 0. The van der Waals surface area contributed by atoms with E-state index in [1.807, 2.05) is 24.3 Å². The predicted molar refractivity (Wildman–Crippen MR) is 55.4 cm³/mol. The molecule has 1 aromatic carbocycles. The van der Waals surface area contributed by atoms with Gasteiger partial charge in [0.1, 0.15) is 0 Å². The van der Waals surface area contributed by atoms with Gasteiger partial charge in [0.05, 0.1) is 0 Å². The second-order valence-electron chi connectivity index (χ2n) is 3.21. The van der Waals surface area contributed by atoms with Crippen LogP contribution in [-0.4, -0.2) is 18.0 Å². The number of amides is 2. The number of hydrogen-bond donors (Lipinski definition) is 2. The molecule has 0 aliphatic heterocycles. The molecule has 2 amide bonds. The zero-order chi connectivity index (χ0) is 10.6. The Morgan fingerprint density at radius 1 is 1.29 bits per heavy atom. The van der Waals surface area contributed by atoms with Gasteiger partial charge < -0.3 is 16.4 Å². The van der Waals surface area contributed by atoms with Crippen molar-refractivity contribution in [2.45, 2.75) is 13.1 Å². The molecule has 4 nitrogen and oxygen atoms in total. The summed E-state index contributed by atoms with van der Waals surface area (Å²) in [6, 6.07) is 7.37. The van der Waals surface area contributed by atoms with Gasteiger partial charge in [-0.05, 0) is 11.1 Å². The molecule has 0 radical (unpaired) electrons. The lowest BCUT2D eigenvalue weighted by Gasteiger charge is -2.13. The largest absolute Gasteiger partial charge is 0.351 e. The van der Waals surface area contributed by atoms with Crippen LogP contribution in [0.2, 0.25) is 0 Å². The molecule has 0 aliphatic carbocycles. The van der Waals surface area contributed by atoms with Crippen molar-refractivity contribution in [2.24, 2.45) is 11.5 Å². The van der Waals surface area contributed by atoms with Crippen LogP contribution in [0.4, 0.5) is 4.79 Å². The number of primary amides is 1. The number of nitrogens with two attached hydrogens (primary N) is 2. The van der Waals surface area contributed by atoms with Gasteiger partial charge in [-0.1, -0.05) is 24.3 Å². The molecule has 0 spiro atoms. The Bertz CT molecular complexity index is 308. The van der Waals surface area contributed by atoms with Crippen molar-refractivity contribution in [1.29, 1.82) is 0 Å². The monoisotopic (exact) mass is 193 g/mol. The van der Waals surface area contributed by atoms with Crippen molar-refractivity contribution in [1.82, 2.24) is 4.90 Å². The highest BCUT2D eigenvalue weighted by atomic mass is 16.2. The fraction of sp³-hybridized carbons (Fsp3) is 0.300. The Balaban J connectivity index is 2.64. The van der Waals surface area contributed by atoms with Gasteiger partial charge in [-0.3, -0.25) is 0 Å². The van der Waals surface area contributed by atoms with E-state index in [2.05, 4.69) is 0 Å². The third kappa shape index (κ3) is 2.74. The summed E-state index contributed by atoms with van der Waals surface area (Å²) in [6.45, 7) is 1.06. The zero-order valence-electron chi connectivity index (χ0n) is 8.23. The fourth-order valence-electron chi connectivity index (χ4n) is 1.13. The van der Waals surface area contributed by atoms with E-state index in [-0.39, 0.29) is 0 Å². The van der Waals surface area contributed by atoms with E-state index >= 15 is 0 Å². The highest BCUT2D eigenvalue weighted by molar-refractivity contribution is 5.71. The lowest BCUT2D eigenvalue weighted by Crippen LogP contribution is -2.31. The number of benzene rings is 1. The molecule has 14 heavy (non-hydrogen) atoms. The summed E-state index contributed by atoms with van der Waals surface area (Å²) in [5.74, 6) is 0. The van der Waals surface area contributed by atoms with Gasteiger partial charge in [-0.15, -0.1) is 0 Å². The van der Waals surface area contributed by atoms with Gasteiger partial charge in [0, 0.05) is 20.1 Å². The molecule has 76 valence electrons.